The molecule has 0 unspecified atom stereocenters. The molecule has 0 aliphatic heterocycles. The molecule has 0 spiro atoms. The lowest BCUT2D eigenvalue weighted by molar-refractivity contribution is -0.117. The second-order valence-corrected chi connectivity index (χ2v) is 5.36. The lowest BCUT2D eigenvalue weighted by Gasteiger charge is -2.03. The molecule has 0 atom stereocenters. The van der Waals surface area contributed by atoms with Crippen molar-refractivity contribution >= 4 is 28.7 Å². The van der Waals surface area contributed by atoms with Gasteiger partial charge in [0.25, 0.3) is 0 Å². The third kappa shape index (κ3) is 3.37. The summed E-state index contributed by atoms with van der Waals surface area (Å²) in [5.41, 5.74) is 1.43. The zero-order valence-corrected chi connectivity index (χ0v) is 11.3. The maximum Gasteiger partial charge on any atom is 0.144 e. The number of rotatable bonds is 4. The first-order chi connectivity index (χ1) is 8.54. The number of hydrogen-bond acceptors (Lipinski definition) is 3. The predicted octanol–water partition coefficient (Wildman–Crippen LogP) is 3.60. The smallest absolute Gasteiger partial charge is 0.144 e. The number of ketones is 1. The van der Waals surface area contributed by atoms with Gasteiger partial charge in [-0.25, -0.2) is 9.37 Å². The van der Waals surface area contributed by atoms with E-state index in [1.165, 1.54) is 29.5 Å². The predicted molar refractivity (Wildman–Crippen MR) is 70.7 cm³/mol. The topological polar surface area (TPSA) is 30.0 Å². The SMILES string of the molecule is Cc1csc(CC(=O)Cc2cc(F)ccc2Cl)n1. The van der Waals surface area contributed by atoms with Crippen LogP contribution in [0.15, 0.2) is 23.6 Å². The minimum atomic E-state index is -0.382. The Morgan fingerprint density at radius 1 is 1.44 bits per heavy atom. The first kappa shape index (κ1) is 13.2. The Morgan fingerprint density at radius 2 is 2.22 bits per heavy atom. The van der Waals surface area contributed by atoms with Crippen molar-refractivity contribution in [3.8, 4) is 0 Å². The second kappa shape index (κ2) is 5.59. The molecule has 18 heavy (non-hydrogen) atoms. The Bertz CT molecular complexity index is 582. The van der Waals surface area contributed by atoms with Gasteiger partial charge < -0.3 is 0 Å². The number of aryl methyl sites for hydroxylation is 1. The van der Waals surface area contributed by atoms with Gasteiger partial charge in [-0.05, 0) is 30.7 Å². The Hall–Kier alpha value is -1.26. The molecule has 0 fully saturated rings. The highest BCUT2D eigenvalue weighted by molar-refractivity contribution is 7.09. The molecule has 0 aliphatic carbocycles. The maximum atomic E-state index is 13.0. The molecule has 0 saturated heterocycles. The van der Waals surface area contributed by atoms with Crippen LogP contribution in [0.25, 0.3) is 0 Å². The average Bonchev–Trinajstić information content (AvgIpc) is 2.69. The van der Waals surface area contributed by atoms with Crippen LogP contribution in [0, 0.1) is 12.7 Å². The van der Waals surface area contributed by atoms with Crippen molar-refractivity contribution in [2.75, 3.05) is 0 Å². The highest BCUT2D eigenvalue weighted by Crippen LogP contribution is 2.19. The van der Waals surface area contributed by atoms with Crippen molar-refractivity contribution in [3.63, 3.8) is 0 Å². The van der Waals surface area contributed by atoms with Crippen LogP contribution in [0.5, 0.6) is 0 Å². The van der Waals surface area contributed by atoms with Gasteiger partial charge in [-0.15, -0.1) is 11.3 Å². The Balaban J connectivity index is 2.05. The van der Waals surface area contributed by atoms with E-state index in [0.717, 1.165) is 10.7 Å². The molecular formula is C13H11ClFNOS. The summed E-state index contributed by atoms with van der Waals surface area (Å²) >= 11 is 7.37. The summed E-state index contributed by atoms with van der Waals surface area (Å²) in [6.45, 7) is 1.88. The molecule has 0 aliphatic rings. The number of benzene rings is 1. The van der Waals surface area contributed by atoms with Gasteiger partial charge in [-0.3, -0.25) is 4.79 Å². The monoisotopic (exact) mass is 283 g/mol. The molecule has 1 aromatic carbocycles. The maximum absolute atomic E-state index is 13.0. The first-order valence-electron chi connectivity index (χ1n) is 5.41. The van der Waals surface area contributed by atoms with Crippen molar-refractivity contribution in [1.29, 1.82) is 0 Å². The van der Waals surface area contributed by atoms with E-state index in [4.69, 9.17) is 11.6 Å². The quantitative estimate of drug-likeness (QED) is 0.858. The van der Waals surface area contributed by atoms with Crippen LogP contribution in [-0.4, -0.2) is 10.8 Å². The highest BCUT2D eigenvalue weighted by atomic mass is 35.5. The zero-order chi connectivity index (χ0) is 13.1. The van der Waals surface area contributed by atoms with Crippen LogP contribution in [0.3, 0.4) is 0 Å². The van der Waals surface area contributed by atoms with Crippen molar-refractivity contribution in [2.45, 2.75) is 19.8 Å². The fourth-order valence-electron chi connectivity index (χ4n) is 1.61. The molecule has 0 amide bonds. The number of carbonyl (C=O) groups is 1. The number of hydrogen-bond donors (Lipinski definition) is 0. The van der Waals surface area contributed by atoms with E-state index in [1.54, 1.807) is 0 Å². The van der Waals surface area contributed by atoms with E-state index < -0.39 is 0 Å². The Labute approximate surface area is 113 Å². The normalized spacial score (nSPS) is 10.6. The lowest BCUT2D eigenvalue weighted by atomic mass is 10.1. The zero-order valence-electron chi connectivity index (χ0n) is 9.74. The molecule has 5 heteroatoms. The molecule has 2 aromatic rings. The summed E-state index contributed by atoms with van der Waals surface area (Å²) in [6, 6.07) is 4.04. The third-order valence-corrected chi connectivity index (χ3v) is 3.75. The van der Waals surface area contributed by atoms with E-state index in [9.17, 15) is 9.18 Å². The second-order valence-electron chi connectivity index (χ2n) is 4.01. The van der Waals surface area contributed by atoms with Crippen LogP contribution in [0.1, 0.15) is 16.3 Å². The molecule has 1 aromatic heterocycles. The van der Waals surface area contributed by atoms with Crippen LogP contribution in [0.4, 0.5) is 4.39 Å². The van der Waals surface area contributed by atoms with Gasteiger partial charge in [0.2, 0.25) is 0 Å². The molecule has 94 valence electrons. The number of thiazole rings is 1. The van der Waals surface area contributed by atoms with Crippen LogP contribution >= 0.6 is 22.9 Å². The fraction of sp³-hybridized carbons (Fsp3) is 0.231. The fourth-order valence-corrected chi connectivity index (χ4v) is 2.59. The number of halogens is 2. The van der Waals surface area contributed by atoms with Gasteiger partial charge >= 0.3 is 0 Å². The van der Waals surface area contributed by atoms with Gasteiger partial charge in [-0.1, -0.05) is 11.6 Å². The number of Topliss-reactive ketones (excluding diaryl/α,β-unsaturated/α-hetero) is 1. The summed E-state index contributed by atoms with van der Waals surface area (Å²) < 4.78 is 13.0. The van der Waals surface area contributed by atoms with Gasteiger partial charge in [0.15, 0.2) is 0 Å². The number of carbonyl (C=O) groups excluding carboxylic acids is 1. The third-order valence-electron chi connectivity index (χ3n) is 2.41. The largest absolute Gasteiger partial charge is 0.299 e. The summed E-state index contributed by atoms with van der Waals surface area (Å²) in [7, 11) is 0. The summed E-state index contributed by atoms with van der Waals surface area (Å²) in [5, 5.41) is 3.10. The van der Waals surface area contributed by atoms with E-state index in [-0.39, 0.29) is 24.4 Å². The number of aromatic nitrogens is 1. The van der Waals surface area contributed by atoms with E-state index in [2.05, 4.69) is 4.98 Å². The molecule has 0 saturated carbocycles. The summed E-state index contributed by atoms with van der Waals surface area (Å²) in [4.78, 5) is 16.1. The lowest BCUT2D eigenvalue weighted by Crippen LogP contribution is -2.07. The Kier molecular flexibility index (Phi) is 4.09. The molecule has 1 heterocycles. The molecule has 2 nitrogen and oxygen atoms in total. The first-order valence-corrected chi connectivity index (χ1v) is 6.67. The molecular weight excluding hydrogens is 273 g/mol. The number of nitrogens with zero attached hydrogens (tertiary/aromatic N) is 1. The van der Waals surface area contributed by atoms with Gasteiger partial charge in [0.05, 0.1) is 6.42 Å². The van der Waals surface area contributed by atoms with E-state index in [0.29, 0.717) is 10.6 Å². The average molecular weight is 284 g/mol. The van der Waals surface area contributed by atoms with Crippen molar-refractivity contribution in [2.24, 2.45) is 0 Å². The van der Waals surface area contributed by atoms with Crippen LogP contribution in [0.2, 0.25) is 5.02 Å². The minimum Gasteiger partial charge on any atom is -0.299 e. The van der Waals surface area contributed by atoms with Gasteiger partial charge in [0.1, 0.15) is 16.6 Å². The summed E-state index contributed by atoms with van der Waals surface area (Å²) in [6.07, 6.45) is 0.403. The minimum absolute atomic E-state index is 0.0168. The molecule has 0 N–H and O–H groups in total. The summed E-state index contributed by atoms with van der Waals surface area (Å²) in [5.74, 6) is -0.399. The van der Waals surface area contributed by atoms with Crippen molar-refractivity contribution < 1.29 is 9.18 Å². The van der Waals surface area contributed by atoms with E-state index in [1.807, 2.05) is 12.3 Å². The van der Waals surface area contributed by atoms with Crippen LogP contribution in [-0.2, 0) is 17.6 Å². The van der Waals surface area contributed by atoms with E-state index >= 15 is 0 Å². The van der Waals surface area contributed by atoms with Crippen molar-refractivity contribution in [3.05, 3.63) is 50.7 Å². The molecule has 0 bridgehead atoms. The van der Waals surface area contributed by atoms with Crippen LogP contribution < -0.4 is 0 Å². The van der Waals surface area contributed by atoms with Gasteiger partial charge in [0, 0.05) is 22.5 Å². The molecule has 2 rings (SSSR count). The van der Waals surface area contributed by atoms with Gasteiger partial charge in [-0.2, -0.15) is 0 Å². The standard InChI is InChI=1S/C13H11ClFNOS/c1-8-7-18-13(16-8)6-11(17)5-9-4-10(15)2-3-12(9)14/h2-4,7H,5-6H2,1H3. The molecule has 0 radical (unpaired) electrons. The highest BCUT2D eigenvalue weighted by Gasteiger charge is 2.11. The Morgan fingerprint density at radius 3 is 2.89 bits per heavy atom. The van der Waals surface area contributed by atoms with Crippen molar-refractivity contribution in [1.82, 2.24) is 4.98 Å².